The lowest BCUT2D eigenvalue weighted by molar-refractivity contribution is -0.00543. The number of aldehydes is 1. The predicted molar refractivity (Wildman–Crippen MR) is 88.7 cm³/mol. The van der Waals surface area contributed by atoms with Crippen molar-refractivity contribution >= 4 is 22.9 Å². The molecule has 25 heavy (non-hydrogen) atoms. The van der Waals surface area contributed by atoms with Gasteiger partial charge in [-0.15, -0.1) is 0 Å². The number of carbonyl (C=O) groups is 1. The molecule has 1 aliphatic heterocycles. The van der Waals surface area contributed by atoms with Crippen molar-refractivity contribution in [2.45, 2.75) is 26.1 Å². The van der Waals surface area contributed by atoms with E-state index in [1.165, 1.54) is 4.68 Å². The molecule has 2 aromatic heterocycles. The van der Waals surface area contributed by atoms with Crippen molar-refractivity contribution in [3.63, 3.8) is 0 Å². The van der Waals surface area contributed by atoms with Gasteiger partial charge in [0.05, 0.1) is 23.3 Å². The van der Waals surface area contributed by atoms with Crippen LogP contribution >= 0.6 is 0 Å². The van der Waals surface area contributed by atoms with Crippen LogP contribution in [-0.2, 0) is 4.74 Å². The van der Waals surface area contributed by atoms with E-state index >= 15 is 4.39 Å². The van der Waals surface area contributed by atoms with Gasteiger partial charge in [0.2, 0.25) is 11.4 Å². The number of benzene rings is 1. The lowest BCUT2D eigenvalue weighted by Gasteiger charge is -2.37. The van der Waals surface area contributed by atoms with E-state index in [0.29, 0.717) is 30.6 Å². The first kappa shape index (κ1) is 15.8. The molecule has 0 aliphatic carbocycles. The quantitative estimate of drug-likeness (QED) is 0.680. The Bertz CT molecular complexity index is 912. The van der Waals surface area contributed by atoms with Crippen LogP contribution in [0.25, 0.3) is 16.8 Å². The molecule has 130 valence electrons. The monoisotopic (exact) mass is 344 g/mol. The molecular formula is C17H17FN4O3. The molecule has 0 saturated carbocycles. The smallest absolute Gasteiger partial charge is 0.206 e. The van der Waals surface area contributed by atoms with Crippen LogP contribution in [0.15, 0.2) is 29.0 Å². The van der Waals surface area contributed by atoms with Gasteiger partial charge < -0.3 is 14.2 Å². The van der Waals surface area contributed by atoms with Gasteiger partial charge in [0.1, 0.15) is 0 Å². The van der Waals surface area contributed by atoms with Crippen LogP contribution in [0.5, 0.6) is 0 Å². The van der Waals surface area contributed by atoms with Crippen molar-refractivity contribution in [2.75, 3.05) is 18.0 Å². The second-order valence-corrected chi connectivity index (χ2v) is 6.24. The highest BCUT2D eigenvalue weighted by atomic mass is 19.1. The number of hydrogen-bond acceptors (Lipinski definition) is 6. The minimum Gasteiger partial charge on any atom is -0.372 e. The lowest BCUT2D eigenvalue weighted by Crippen LogP contribution is -2.46. The molecular weight excluding hydrogens is 327 g/mol. The molecule has 1 fully saturated rings. The molecule has 0 N–H and O–H groups in total. The summed E-state index contributed by atoms with van der Waals surface area (Å²) in [6.07, 6.45) is 3.79. The molecule has 0 unspecified atom stereocenters. The van der Waals surface area contributed by atoms with E-state index in [9.17, 15) is 4.79 Å². The number of fused-ring (bicyclic) bond motifs is 1. The predicted octanol–water partition coefficient (Wildman–Crippen LogP) is 2.58. The Morgan fingerprint density at radius 2 is 2.08 bits per heavy atom. The summed E-state index contributed by atoms with van der Waals surface area (Å²) < 4.78 is 27.6. The van der Waals surface area contributed by atoms with Crippen LogP contribution in [0, 0.1) is 5.82 Å². The first-order chi connectivity index (χ1) is 12.1. The van der Waals surface area contributed by atoms with Gasteiger partial charge in [-0.3, -0.25) is 4.79 Å². The summed E-state index contributed by atoms with van der Waals surface area (Å²) in [4.78, 5) is 13.5. The second-order valence-electron chi connectivity index (χ2n) is 6.24. The topological polar surface area (TPSA) is 73.4 Å². The van der Waals surface area contributed by atoms with Crippen molar-refractivity contribution < 1.29 is 18.4 Å². The van der Waals surface area contributed by atoms with Crippen LogP contribution in [-0.4, -0.2) is 46.5 Å². The average molecular weight is 344 g/mol. The fourth-order valence-electron chi connectivity index (χ4n) is 3.37. The van der Waals surface area contributed by atoms with Gasteiger partial charge in [0.25, 0.3) is 0 Å². The fourth-order valence-corrected chi connectivity index (χ4v) is 3.37. The Balaban J connectivity index is 1.88. The summed E-state index contributed by atoms with van der Waals surface area (Å²) in [5.41, 5.74) is 0.494. The number of hydrogen-bond donors (Lipinski definition) is 0. The molecule has 0 spiro atoms. The minimum absolute atomic E-state index is 0.0119. The summed E-state index contributed by atoms with van der Waals surface area (Å²) >= 11 is 0. The molecule has 4 rings (SSSR count). The maximum atomic E-state index is 15.2. The maximum Gasteiger partial charge on any atom is 0.206 e. The van der Waals surface area contributed by atoms with Crippen LogP contribution in [0.2, 0.25) is 0 Å². The highest BCUT2D eigenvalue weighted by Crippen LogP contribution is 2.35. The fraction of sp³-hybridized carbons (Fsp3) is 0.353. The van der Waals surface area contributed by atoms with E-state index in [1.54, 1.807) is 24.5 Å². The Morgan fingerprint density at radius 1 is 1.32 bits per heavy atom. The molecule has 1 saturated heterocycles. The standard InChI is InChI=1S/C17H17FN4O3/c1-10-7-21(8-11(2)24-10)15-12(9-23)6-13-16(14(15)18)25-20-17(13)22-5-3-4-19-22/h3-6,9-11H,7-8H2,1-2H3/t10-,11+. The summed E-state index contributed by atoms with van der Waals surface area (Å²) in [5.74, 6) is -0.246. The van der Waals surface area contributed by atoms with Crippen molar-refractivity contribution in [3.8, 4) is 5.82 Å². The Kier molecular flexibility index (Phi) is 3.76. The maximum absolute atomic E-state index is 15.2. The number of ether oxygens (including phenoxy) is 1. The molecule has 8 heteroatoms. The molecule has 0 amide bonds. The molecule has 3 heterocycles. The Hall–Kier alpha value is -2.74. The van der Waals surface area contributed by atoms with E-state index in [-0.39, 0.29) is 29.0 Å². The second kappa shape index (κ2) is 5.96. The molecule has 1 aliphatic rings. The molecule has 0 radical (unpaired) electrons. The van der Waals surface area contributed by atoms with Crippen LogP contribution in [0.3, 0.4) is 0 Å². The number of rotatable bonds is 3. The minimum atomic E-state index is -0.591. The van der Waals surface area contributed by atoms with Gasteiger partial charge >= 0.3 is 0 Å². The van der Waals surface area contributed by atoms with Crippen LogP contribution in [0.1, 0.15) is 24.2 Å². The number of aromatic nitrogens is 3. The number of nitrogens with zero attached hydrogens (tertiary/aromatic N) is 4. The third-order valence-electron chi connectivity index (χ3n) is 4.27. The zero-order valence-electron chi connectivity index (χ0n) is 13.8. The highest BCUT2D eigenvalue weighted by molar-refractivity contribution is 5.97. The SMILES string of the molecule is C[C@@H]1CN(c2c(C=O)cc3c(-n4cccn4)noc3c2F)C[C@H](C)O1. The molecule has 0 bridgehead atoms. The largest absolute Gasteiger partial charge is 0.372 e. The molecule has 3 aromatic rings. The van der Waals surface area contributed by atoms with E-state index in [1.807, 2.05) is 18.7 Å². The molecule has 7 nitrogen and oxygen atoms in total. The van der Waals surface area contributed by atoms with Crippen molar-refractivity contribution in [1.29, 1.82) is 0 Å². The highest BCUT2D eigenvalue weighted by Gasteiger charge is 2.29. The van der Waals surface area contributed by atoms with Crippen molar-refractivity contribution in [1.82, 2.24) is 14.9 Å². The van der Waals surface area contributed by atoms with Gasteiger partial charge in [-0.25, -0.2) is 9.07 Å². The number of halogens is 1. The van der Waals surface area contributed by atoms with Gasteiger partial charge in [0.15, 0.2) is 12.1 Å². The Morgan fingerprint density at radius 3 is 2.72 bits per heavy atom. The summed E-state index contributed by atoms with van der Waals surface area (Å²) in [5, 5.41) is 8.40. The van der Waals surface area contributed by atoms with Crippen LogP contribution < -0.4 is 4.90 Å². The average Bonchev–Trinajstić information content (AvgIpc) is 3.22. The third kappa shape index (κ3) is 2.58. The van der Waals surface area contributed by atoms with E-state index in [2.05, 4.69) is 10.3 Å². The van der Waals surface area contributed by atoms with Crippen molar-refractivity contribution in [2.24, 2.45) is 0 Å². The number of anilines is 1. The zero-order chi connectivity index (χ0) is 17.6. The first-order valence-electron chi connectivity index (χ1n) is 8.06. The number of carbonyl (C=O) groups excluding carboxylic acids is 1. The van der Waals surface area contributed by atoms with Crippen molar-refractivity contribution in [3.05, 3.63) is 35.9 Å². The van der Waals surface area contributed by atoms with Gasteiger partial charge in [-0.2, -0.15) is 5.10 Å². The third-order valence-corrected chi connectivity index (χ3v) is 4.27. The van der Waals surface area contributed by atoms with E-state index < -0.39 is 5.82 Å². The lowest BCUT2D eigenvalue weighted by atomic mass is 10.1. The summed E-state index contributed by atoms with van der Waals surface area (Å²) in [6, 6.07) is 3.32. The zero-order valence-corrected chi connectivity index (χ0v) is 13.8. The van der Waals surface area contributed by atoms with E-state index in [4.69, 9.17) is 9.26 Å². The van der Waals surface area contributed by atoms with Gasteiger partial charge in [-0.05, 0) is 26.0 Å². The van der Waals surface area contributed by atoms with Crippen LogP contribution in [0.4, 0.5) is 10.1 Å². The van der Waals surface area contributed by atoms with Gasteiger partial charge in [-0.1, -0.05) is 5.16 Å². The molecule has 1 aromatic carbocycles. The Labute approximate surface area is 142 Å². The normalized spacial score (nSPS) is 21.0. The first-order valence-corrected chi connectivity index (χ1v) is 8.06. The summed E-state index contributed by atoms with van der Waals surface area (Å²) in [7, 11) is 0. The van der Waals surface area contributed by atoms with Gasteiger partial charge in [0, 0.05) is 31.0 Å². The summed E-state index contributed by atoms with van der Waals surface area (Å²) in [6.45, 7) is 4.83. The number of morpholine rings is 1. The van der Waals surface area contributed by atoms with E-state index in [0.717, 1.165) is 0 Å². The molecule has 2 atom stereocenters.